The van der Waals surface area contributed by atoms with Crippen LogP contribution in [0.1, 0.15) is 35.9 Å². The summed E-state index contributed by atoms with van der Waals surface area (Å²) in [6.07, 6.45) is 5.38. The first-order valence-corrected chi connectivity index (χ1v) is 9.31. The first-order chi connectivity index (χ1) is 13.3. The molecule has 5 rings (SSSR count). The third-order valence-electron chi connectivity index (χ3n) is 5.52. The topological polar surface area (TPSA) is 60.2 Å². The van der Waals surface area contributed by atoms with Crippen molar-refractivity contribution in [1.29, 1.82) is 0 Å². The fraction of sp³-hybridized carbons (Fsp3) is 0.286. The summed E-state index contributed by atoms with van der Waals surface area (Å²) in [5, 5.41) is 8.00. The van der Waals surface area contributed by atoms with Gasteiger partial charge in [-0.2, -0.15) is 0 Å². The molecule has 2 aliphatic rings. The number of hydrogen-bond acceptors (Lipinski definition) is 4. The molecular formula is C21H20N4O2. The predicted molar refractivity (Wildman–Crippen MR) is 99.7 cm³/mol. The molecule has 1 fully saturated rings. The molecular weight excluding hydrogens is 340 g/mol. The molecule has 0 aliphatic carbocycles. The van der Waals surface area contributed by atoms with Gasteiger partial charge in [0.1, 0.15) is 11.5 Å². The third kappa shape index (κ3) is 2.77. The average molecular weight is 360 g/mol. The highest BCUT2D eigenvalue weighted by molar-refractivity contribution is 5.89. The molecule has 0 N–H and O–H groups in total. The number of ether oxygens (including phenoxy) is 1. The smallest absolute Gasteiger partial charge is 0.234 e. The molecule has 0 spiro atoms. The number of aromatic nitrogens is 3. The molecule has 6 heteroatoms. The van der Waals surface area contributed by atoms with Crippen molar-refractivity contribution in [1.82, 2.24) is 19.9 Å². The van der Waals surface area contributed by atoms with Gasteiger partial charge in [0.2, 0.25) is 5.91 Å². The van der Waals surface area contributed by atoms with E-state index in [0.29, 0.717) is 6.04 Å². The Kier molecular flexibility index (Phi) is 3.89. The Bertz CT molecular complexity index is 916. The van der Waals surface area contributed by atoms with Crippen LogP contribution in [0.2, 0.25) is 0 Å². The fourth-order valence-electron chi connectivity index (χ4n) is 4.12. The largest absolute Gasteiger partial charge is 0.457 e. The van der Waals surface area contributed by atoms with Gasteiger partial charge in [0, 0.05) is 30.4 Å². The van der Waals surface area contributed by atoms with Crippen LogP contribution < -0.4 is 4.74 Å². The van der Waals surface area contributed by atoms with Crippen LogP contribution >= 0.6 is 0 Å². The molecule has 0 bridgehead atoms. The van der Waals surface area contributed by atoms with Crippen LogP contribution in [0.5, 0.6) is 11.5 Å². The van der Waals surface area contributed by atoms with Crippen LogP contribution in [-0.2, 0) is 4.79 Å². The van der Waals surface area contributed by atoms with E-state index in [1.165, 1.54) is 0 Å². The molecule has 0 saturated carbocycles. The zero-order valence-electron chi connectivity index (χ0n) is 14.9. The minimum Gasteiger partial charge on any atom is -0.457 e. The Morgan fingerprint density at radius 3 is 2.19 bits per heavy atom. The number of likely N-dealkylation sites (tertiary alicyclic amines) is 1. The van der Waals surface area contributed by atoms with Crippen LogP contribution in [0.4, 0.5) is 0 Å². The minimum absolute atomic E-state index is 0.148. The Morgan fingerprint density at radius 1 is 0.963 bits per heavy atom. The molecule has 27 heavy (non-hydrogen) atoms. The lowest BCUT2D eigenvalue weighted by molar-refractivity contribution is -0.133. The number of nitrogens with zero attached hydrogens (tertiary/aromatic N) is 4. The van der Waals surface area contributed by atoms with Crippen LogP contribution in [0, 0.1) is 0 Å². The maximum absolute atomic E-state index is 13.5. The van der Waals surface area contributed by atoms with Crippen molar-refractivity contribution in [3.05, 3.63) is 72.1 Å². The van der Waals surface area contributed by atoms with Gasteiger partial charge < -0.3 is 9.64 Å². The molecule has 2 aliphatic heterocycles. The first-order valence-electron chi connectivity index (χ1n) is 9.31. The second-order valence-corrected chi connectivity index (χ2v) is 7.05. The van der Waals surface area contributed by atoms with Gasteiger partial charge >= 0.3 is 0 Å². The summed E-state index contributed by atoms with van der Waals surface area (Å²) in [5.74, 6) is 1.38. The summed E-state index contributed by atoms with van der Waals surface area (Å²) in [5.41, 5.74) is 1.89. The second-order valence-electron chi connectivity index (χ2n) is 7.05. The van der Waals surface area contributed by atoms with E-state index >= 15 is 0 Å². The maximum Gasteiger partial charge on any atom is 0.234 e. The lowest BCUT2D eigenvalue weighted by atomic mass is 9.86. The van der Waals surface area contributed by atoms with E-state index in [1.54, 1.807) is 6.20 Å². The van der Waals surface area contributed by atoms with Crippen molar-refractivity contribution in [3.63, 3.8) is 0 Å². The SMILES string of the molecule is O=C(C1c2ccccc2Oc2ccccc21)N1CCC(n2ccnn2)CC1. The minimum atomic E-state index is -0.311. The lowest BCUT2D eigenvalue weighted by Gasteiger charge is -2.36. The summed E-state index contributed by atoms with van der Waals surface area (Å²) in [6, 6.07) is 16.0. The Balaban J connectivity index is 1.42. The monoisotopic (exact) mass is 360 g/mol. The number of piperidine rings is 1. The number of hydrogen-bond donors (Lipinski definition) is 0. The van der Waals surface area contributed by atoms with Crippen LogP contribution in [0.3, 0.4) is 0 Å². The third-order valence-corrected chi connectivity index (χ3v) is 5.52. The van der Waals surface area contributed by atoms with Gasteiger partial charge in [0.15, 0.2) is 0 Å². The Hall–Kier alpha value is -3.15. The number of carbonyl (C=O) groups is 1. The van der Waals surface area contributed by atoms with Crippen molar-refractivity contribution in [3.8, 4) is 11.5 Å². The lowest BCUT2D eigenvalue weighted by Crippen LogP contribution is -2.42. The summed E-state index contributed by atoms with van der Waals surface area (Å²) in [6.45, 7) is 1.45. The van der Waals surface area contributed by atoms with E-state index in [0.717, 1.165) is 48.6 Å². The number of fused-ring (bicyclic) bond motifs is 2. The Morgan fingerprint density at radius 2 is 1.59 bits per heavy atom. The highest BCUT2D eigenvalue weighted by Gasteiger charge is 2.36. The van der Waals surface area contributed by atoms with Crippen molar-refractivity contribution in [2.45, 2.75) is 24.8 Å². The zero-order chi connectivity index (χ0) is 18.2. The van der Waals surface area contributed by atoms with Crippen molar-refractivity contribution >= 4 is 5.91 Å². The molecule has 0 atom stereocenters. The van der Waals surface area contributed by atoms with E-state index < -0.39 is 0 Å². The number of para-hydroxylation sites is 2. The highest BCUT2D eigenvalue weighted by Crippen LogP contribution is 2.45. The molecule has 0 radical (unpaired) electrons. The summed E-state index contributed by atoms with van der Waals surface area (Å²) in [7, 11) is 0. The van der Waals surface area contributed by atoms with Gasteiger partial charge in [-0.05, 0) is 25.0 Å². The Labute approximate surface area is 157 Å². The highest BCUT2D eigenvalue weighted by atomic mass is 16.5. The van der Waals surface area contributed by atoms with Gasteiger partial charge in [-0.1, -0.05) is 41.6 Å². The summed E-state index contributed by atoms with van der Waals surface area (Å²) in [4.78, 5) is 15.5. The molecule has 1 aromatic heterocycles. The van der Waals surface area contributed by atoms with Gasteiger partial charge in [-0.3, -0.25) is 4.79 Å². The quantitative estimate of drug-likeness (QED) is 0.703. The first kappa shape index (κ1) is 16.1. The fourth-order valence-corrected chi connectivity index (χ4v) is 4.12. The number of rotatable bonds is 2. The van der Waals surface area contributed by atoms with E-state index in [-0.39, 0.29) is 11.8 Å². The molecule has 6 nitrogen and oxygen atoms in total. The normalized spacial score (nSPS) is 17.1. The van der Waals surface area contributed by atoms with E-state index in [4.69, 9.17) is 4.74 Å². The number of carbonyl (C=O) groups excluding carboxylic acids is 1. The maximum atomic E-state index is 13.5. The van der Waals surface area contributed by atoms with Gasteiger partial charge in [-0.15, -0.1) is 5.10 Å². The van der Waals surface area contributed by atoms with E-state index in [9.17, 15) is 4.79 Å². The van der Waals surface area contributed by atoms with Crippen molar-refractivity contribution < 1.29 is 9.53 Å². The van der Waals surface area contributed by atoms with E-state index in [1.807, 2.05) is 64.3 Å². The van der Waals surface area contributed by atoms with Crippen LogP contribution in [0.15, 0.2) is 60.9 Å². The molecule has 0 unspecified atom stereocenters. The molecule has 3 aromatic rings. The summed E-state index contributed by atoms with van der Waals surface area (Å²) < 4.78 is 7.93. The molecule has 3 heterocycles. The van der Waals surface area contributed by atoms with Crippen LogP contribution in [0.25, 0.3) is 0 Å². The zero-order valence-corrected chi connectivity index (χ0v) is 14.9. The van der Waals surface area contributed by atoms with Gasteiger partial charge in [0.25, 0.3) is 0 Å². The standard InChI is InChI=1S/C21H20N4O2/c26-21(24-12-9-15(10-13-24)25-14-11-22-23-25)20-16-5-1-3-7-18(16)27-19-8-4-2-6-17(19)20/h1-8,11,14-15,20H,9-10,12-13H2. The summed E-state index contributed by atoms with van der Waals surface area (Å²) >= 11 is 0. The van der Waals surface area contributed by atoms with Gasteiger partial charge in [-0.25, -0.2) is 4.68 Å². The second kappa shape index (κ2) is 6.54. The molecule has 2 aromatic carbocycles. The number of amides is 1. The number of benzene rings is 2. The molecule has 136 valence electrons. The van der Waals surface area contributed by atoms with Crippen LogP contribution in [-0.4, -0.2) is 38.9 Å². The predicted octanol–water partition coefficient (Wildman–Crippen LogP) is 3.38. The van der Waals surface area contributed by atoms with Crippen molar-refractivity contribution in [2.75, 3.05) is 13.1 Å². The van der Waals surface area contributed by atoms with Crippen molar-refractivity contribution in [2.24, 2.45) is 0 Å². The molecule has 1 saturated heterocycles. The van der Waals surface area contributed by atoms with E-state index in [2.05, 4.69) is 10.3 Å². The average Bonchev–Trinajstić information content (AvgIpc) is 3.26. The molecule has 1 amide bonds. The van der Waals surface area contributed by atoms with Gasteiger partial charge in [0.05, 0.1) is 18.2 Å².